The average Bonchev–Trinajstić information content (AvgIpc) is 3.28. The molecular weight excluding hydrogens is 390 g/mol. The Morgan fingerprint density at radius 2 is 1.97 bits per heavy atom. The zero-order chi connectivity index (χ0) is 20.5. The molecule has 0 saturated heterocycles. The first-order chi connectivity index (χ1) is 13.9. The number of anilines is 2. The molecule has 1 aromatic carbocycles. The van der Waals surface area contributed by atoms with Gasteiger partial charge in [-0.3, -0.25) is 0 Å². The number of halogens is 1. The number of oxazole rings is 1. The van der Waals surface area contributed by atoms with Gasteiger partial charge in [-0.2, -0.15) is 0 Å². The molecule has 1 N–H and O–H groups in total. The molecule has 0 unspecified atom stereocenters. The molecule has 8 heteroatoms. The van der Waals surface area contributed by atoms with Crippen LogP contribution in [0.2, 0.25) is 5.02 Å². The SMILES string of the molecule is COc1cc(-c2oc(C)nc2C)ccc1Nc1ncc(Cl)c(-c2ccn(C)c2)n1. The number of nitrogens with one attached hydrogen (secondary N) is 1. The molecule has 0 saturated carbocycles. The van der Waals surface area contributed by atoms with Crippen LogP contribution in [0.3, 0.4) is 0 Å². The first kappa shape index (κ1) is 19.0. The van der Waals surface area contributed by atoms with Crippen molar-refractivity contribution in [2.24, 2.45) is 7.05 Å². The van der Waals surface area contributed by atoms with Crippen LogP contribution < -0.4 is 10.1 Å². The summed E-state index contributed by atoms with van der Waals surface area (Å²) in [6, 6.07) is 7.68. The van der Waals surface area contributed by atoms with Gasteiger partial charge in [0.2, 0.25) is 5.95 Å². The minimum absolute atomic E-state index is 0.422. The van der Waals surface area contributed by atoms with Crippen LogP contribution in [0.4, 0.5) is 11.6 Å². The molecule has 0 atom stereocenters. The molecule has 0 radical (unpaired) electrons. The molecule has 29 heavy (non-hydrogen) atoms. The molecule has 0 aliphatic rings. The summed E-state index contributed by atoms with van der Waals surface area (Å²) in [7, 11) is 3.56. The van der Waals surface area contributed by atoms with E-state index in [4.69, 9.17) is 20.8 Å². The molecule has 0 aliphatic heterocycles. The summed E-state index contributed by atoms with van der Waals surface area (Å²) in [6.07, 6.45) is 5.48. The van der Waals surface area contributed by atoms with Crippen LogP contribution in [0.5, 0.6) is 5.75 Å². The molecule has 3 heterocycles. The van der Waals surface area contributed by atoms with E-state index in [1.165, 1.54) is 0 Å². The number of rotatable bonds is 5. The van der Waals surface area contributed by atoms with E-state index >= 15 is 0 Å². The molecule has 0 aliphatic carbocycles. The minimum Gasteiger partial charge on any atom is -0.495 e. The van der Waals surface area contributed by atoms with Crippen LogP contribution in [0, 0.1) is 13.8 Å². The van der Waals surface area contributed by atoms with Crippen molar-refractivity contribution in [1.29, 1.82) is 0 Å². The van der Waals surface area contributed by atoms with Crippen LogP contribution in [-0.2, 0) is 7.05 Å². The fourth-order valence-electron chi connectivity index (χ4n) is 3.13. The molecule has 0 spiro atoms. The lowest BCUT2D eigenvalue weighted by Crippen LogP contribution is -2.00. The highest BCUT2D eigenvalue weighted by Crippen LogP contribution is 2.34. The van der Waals surface area contributed by atoms with Crippen LogP contribution in [0.25, 0.3) is 22.6 Å². The molecule has 3 aromatic heterocycles. The van der Waals surface area contributed by atoms with Gasteiger partial charge >= 0.3 is 0 Å². The van der Waals surface area contributed by atoms with Gasteiger partial charge < -0.3 is 19.0 Å². The molecule has 0 fully saturated rings. The van der Waals surface area contributed by atoms with Crippen molar-refractivity contribution in [3.8, 4) is 28.3 Å². The van der Waals surface area contributed by atoms with Gasteiger partial charge in [0.15, 0.2) is 11.7 Å². The number of aryl methyl sites for hydroxylation is 3. The quantitative estimate of drug-likeness (QED) is 0.490. The van der Waals surface area contributed by atoms with Crippen LogP contribution in [0.1, 0.15) is 11.6 Å². The second kappa shape index (κ2) is 7.60. The summed E-state index contributed by atoms with van der Waals surface area (Å²) < 4.78 is 13.2. The van der Waals surface area contributed by atoms with Crippen molar-refractivity contribution in [1.82, 2.24) is 19.5 Å². The maximum Gasteiger partial charge on any atom is 0.227 e. The average molecular weight is 410 g/mol. The van der Waals surface area contributed by atoms with Gasteiger partial charge in [0.05, 0.1) is 35.4 Å². The number of nitrogens with zero attached hydrogens (tertiary/aromatic N) is 4. The molecule has 7 nitrogen and oxygen atoms in total. The fraction of sp³-hybridized carbons (Fsp3) is 0.190. The van der Waals surface area contributed by atoms with Crippen molar-refractivity contribution in [2.45, 2.75) is 13.8 Å². The highest BCUT2D eigenvalue weighted by Gasteiger charge is 2.14. The van der Waals surface area contributed by atoms with Gasteiger partial charge in [-0.25, -0.2) is 15.0 Å². The van der Waals surface area contributed by atoms with E-state index in [9.17, 15) is 0 Å². The van der Waals surface area contributed by atoms with E-state index in [-0.39, 0.29) is 0 Å². The predicted molar refractivity (Wildman–Crippen MR) is 113 cm³/mol. The van der Waals surface area contributed by atoms with Gasteiger partial charge in [-0.05, 0) is 31.2 Å². The third-order valence-electron chi connectivity index (χ3n) is 4.46. The van der Waals surface area contributed by atoms with Crippen molar-refractivity contribution in [2.75, 3.05) is 12.4 Å². The molecular formula is C21H20ClN5O2. The number of hydrogen-bond donors (Lipinski definition) is 1. The third kappa shape index (κ3) is 3.82. The smallest absolute Gasteiger partial charge is 0.227 e. The lowest BCUT2D eigenvalue weighted by atomic mass is 10.1. The maximum absolute atomic E-state index is 6.30. The normalized spacial score (nSPS) is 10.9. The Morgan fingerprint density at radius 1 is 1.14 bits per heavy atom. The summed E-state index contributed by atoms with van der Waals surface area (Å²) in [5.74, 6) is 2.41. The largest absolute Gasteiger partial charge is 0.495 e. The van der Waals surface area contributed by atoms with Gasteiger partial charge in [-0.15, -0.1) is 0 Å². The monoisotopic (exact) mass is 409 g/mol. The third-order valence-corrected chi connectivity index (χ3v) is 4.74. The lowest BCUT2D eigenvalue weighted by molar-refractivity contribution is 0.416. The highest BCUT2D eigenvalue weighted by atomic mass is 35.5. The Bertz CT molecular complexity index is 1180. The predicted octanol–water partition coefficient (Wildman–Crippen LogP) is 5.16. The highest BCUT2D eigenvalue weighted by molar-refractivity contribution is 6.32. The zero-order valence-corrected chi connectivity index (χ0v) is 17.3. The summed E-state index contributed by atoms with van der Waals surface area (Å²) in [5.41, 5.74) is 4.02. The summed E-state index contributed by atoms with van der Waals surface area (Å²) in [4.78, 5) is 13.2. The van der Waals surface area contributed by atoms with Crippen molar-refractivity contribution in [3.05, 3.63) is 59.5 Å². The van der Waals surface area contributed by atoms with Crippen LogP contribution in [0.15, 0.2) is 47.3 Å². The zero-order valence-electron chi connectivity index (χ0n) is 16.5. The Balaban J connectivity index is 1.67. The van der Waals surface area contributed by atoms with Crippen LogP contribution >= 0.6 is 11.6 Å². The minimum atomic E-state index is 0.422. The summed E-state index contributed by atoms with van der Waals surface area (Å²) in [6.45, 7) is 3.74. The van der Waals surface area contributed by atoms with E-state index in [2.05, 4.69) is 20.3 Å². The van der Waals surface area contributed by atoms with Gasteiger partial charge in [-0.1, -0.05) is 11.6 Å². The Morgan fingerprint density at radius 3 is 2.62 bits per heavy atom. The lowest BCUT2D eigenvalue weighted by Gasteiger charge is -2.12. The van der Waals surface area contributed by atoms with Gasteiger partial charge in [0, 0.05) is 37.5 Å². The molecule has 0 bridgehead atoms. The Labute approximate surface area is 173 Å². The Hall–Kier alpha value is -3.32. The van der Waals surface area contributed by atoms with E-state index in [1.54, 1.807) is 13.3 Å². The first-order valence-corrected chi connectivity index (χ1v) is 9.36. The van der Waals surface area contributed by atoms with Crippen molar-refractivity contribution >= 4 is 23.2 Å². The van der Waals surface area contributed by atoms with E-state index < -0.39 is 0 Å². The summed E-state index contributed by atoms with van der Waals surface area (Å²) >= 11 is 6.30. The standard InChI is InChI=1S/C21H20ClN5O2/c1-12-20(29-13(2)24-12)14-5-6-17(18(9-14)28-4)25-21-23-10-16(22)19(26-21)15-7-8-27(3)11-15/h5-11H,1-4H3,(H,23,25,26). The van der Waals surface area contributed by atoms with Gasteiger partial charge in [0.25, 0.3) is 0 Å². The molecule has 4 aromatic rings. The van der Waals surface area contributed by atoms with E-state index in [0.29, 0.717) is 28.3 Å². The number of methoxy groups -OCH3 is 1. The number of benzene rings is 1. The summed E-state index contributed by atoms with van der Waals surface area (Å²) in [5, 5.41) is 3.69. The van der Waals surface area contributed by atoms with E-state index in [0.717, 1.165) is 28.3 Å². The number of ether oxygens (including phenoxy) is 1. The second-order valence-corrected chi connectivity index (χ2v) is 7.05. The van der Waals surface area contributed by atoms with Gasteiger partial charge in [0.1, 0.15) is 5.75 Å². The fourth-order valence-corrected chi connectivity index (χ4v) is 3.33. The topological polar surface area (TPSA) is 78.0 Å². The second-order valence-electron chi connectivity index (χ2n) is 6.64. The maximum atomic E-state index is 6.30. The molecule has 148 valence electrons. The van der Waals surface area contributed by atoms with Crippen molar-refractivity contribution < 1.29 is 9.15 Å². The first-order valence-electron chi connectivity index (χ1n) is 8.99. The number of hydrogen-bond acceptors (Lipinski definition) is 6. The van der Waals surface area contributed by atoms with Crippen LogP contribution in [-0.4, -0.2) is 26.6 Å². The van der Waals surface area contributed by atoms with E-state index in [1.807, 2.05) is 62.1 Å². The molecule has 0 amide bonds. The number of aromatic nitrogens is 4. The van der Waals surface area contributed by atoms with Crippen molar-refractivity contribution in [3.63, 3.8) is 0 Å². The molecule has 4 rings (SSSR count). The Kier molecular flexibility index (Phi) is 4.98.